The van der Waals surface area contributed by atoms with Crippen LogP contribution in [0.2, 0.25) is 0 Å². The van der Waals surface area contributed by atoms with Crippen molar-refractivity contribution in [2.45, 2.75) is 25.5 Å². The van der Waals surface area contributed by atoms with E-state index in [1.54, 1.807) is 6.07 Å². The van der Waals surface area contributed by atoms with Gasteiger partial charge in [-0.15, -0.1) is 0 Å². The summed E-state index contributed by atoms with van der Waals surface area (Å²) in [6, 6.07) is 15.2. The summed E-state index contributed by atoms with van der Waals surface area (Å²) in [6.45, 7) is 4.07. The zero-order valence-corrected chi connectivity index (χ0v) is 14.1. The molecule has 3 rings (SSSR count). The number of nitrogens with one attached hydrogen (secondary N) is 1. The van der Waals surface area contributed by atoms with Crippen molar-refractivity contribution in [1.29, 1.82) is 0 Å². The van der Waals surface area contributed by atoms with Gasteiger partial charge in [0.2, 0.25) is 10.0 Å². The summed E-state index contributed by atoms with van der Waals surface area (Å²) in [5.41, 5.74) is 3.62. The molecule has 0 unspecified atom stereocenters. The molecule has 2 aromatic rings. The van der Waals surface area contributed by atoms with Crippen molar-refractivity contribution in [2.75, 3.05) is 22.7 Å². The van der Waals surface area contributed by atoms with Crippen LogP contribution in [0.25, 0.3) is 0 Å². The number of rotatable bonds is 5. The summed E-state index contributed by atoms with van der Waals surface area (Å²) in [7, 11) is -3.41. The molecule has 0 bridgehead atoms. The number of aryl methyl sites for hydroxylation is 1. The molecule has 1 aliphatic rings. The van der Waals surface area contributed by atoms with E-state index in [1.807, 2.05) is 49.4 Å². The Kier molecular flexibility index (Phi) is 4.57. The number of sulfonamides is 1. The lowest BCUT2D eigenvalue weighted by Crippen LogP contribution is -2.18. The topological polar surface area (TPSA) is 49.4 Å². The van der Waals surface area contributed by atoms with Crippen molar-refractivity contribution in [3.63, 3.8) is 0 Å². The number of nitrogens with zero attached hydrogens (tertiary/aromatic N) is 1. The zero-order chi connectivity index (χ0) is 16.3. The van der Waals surface area contributed by atoms with Crippen LogP contribution < -0.4 is 9.62 Å². The van der Waals surface area contributed by atoms with Crippen LogP contribution in [0.3, 0.4) is 0 Å². The predicted octanol–water partition coefficient (Wildman–Crippen LogP) is 3.54. The third-order valence-electron chi connectivity index (χ3n) is 4.07. The molecule has 1 N–H and O–H groups in total. The van der Waals surface area contributed by atoms with E-state index in [4.69, 9.17) is 0 Å². The molecule has 0 aromatic heterocycles. The molecule has 2 aromatic carbocycles. The molecule has 5 heteroatoms. The highest BCUT2D eigenvalue weighted by atomic mass is 32.2. The smallest absolute Gasteiger partial charge is 0.236 e. The average molecular weight is 330 g/mol. The molecular weight excluding hydrogens is 308 g/mol. The number of benzene rings is 2. The summed E-state index contributed by atoms with van der Waals surface area (Å²) >= 11 is 0. The quantitative estimate of drug-likeness (QED) is 0.912. The normalized spacial score (nSPS) is 14.9. The Labute approximate surface area is 138 Å². The molecule has 0 atom stereocenters. The molecule has 1 saturated heterocycles. The standard InChI is InChI=1S/C18H22N2O2S/c1-15-7-9-16(10-8-15)14-23(21,22)19-17-5-4-6-18(13-17)20-11-2-3-12-20/h4-10,13,19H,2-3,11-12,14H2,1H3. The molecule has 4 nitrogen and oxygen atoms in total. The minimum atomic E-state index is -3.41. The molecule has 23 heavy (non-hydrogen) atoms. The molecule has 0 amide bonds. The minimum absolute atomic E-state index is 0.0127. The SMILES string of the molecule is Cc1ccc(CS(=O)(=O)Nc2cccc(N3CCCC3)c2)cc1. The second-order valence-electron chi connectivity index (χ2n) is 6.09. The maximum absolute atomic E-state index is 12.4. The van der Waals surface area contributed by atoms with E-state index in [-0.39, 0.29) is 5.75 Å². The Hall–Kier alpha value is -2.01. The highest BCUT2D eigenvalue weighted by Crippen LogP contribution is 2.24. The van der Waals surface area contributed by atoms with Crippen LogP contribution in [-0.2, 0) is 15.8 Å². The van der Waals surface area contributed by atoms with E-state index in [1.165, 1.54) is 12.8 Å². The van der Waals surface area contributed by atoms with E-state index in [2.05, 4.69) is 9.62 Å². The summed E-state index contributed by atoms with van der Waals surface area (Å²) in [6.07, 6.45) is 2.40. The fourth-order valence-electron chi connectivity index (χ4n) is 2.86. The van der Waals surface area contributed by atoms with Gasteiger partial charge in [-0.05, 0) is 43.5 Å². The van der Waals surface area contributed by atoms with Gasteiger partial charge in [-0.3, -0.25) is 4.72 Å². The number of anilines is 2. The van der Waals surface area contributed by atoms with Crippen molar-refractivity contribution in [3.8, 4) is 0 Å². The minimum Gasteiger partial charge on any atom is -0.371 e. The Balaban J connectivity index is 1.72. The molecule has 0 aliphatic carbocycles. The first-order chi connectivity index (χ1) is 11.0. The Bertz CT molecular complexity index is 764. The van der Waals surface area contributed by atoms with Gasteiger partial charge in [0.25, 0.3) is 0 Å². The van der Waals surface area contributed by atoms with Crippen molar-refractivity contribution < 1.29 is 8.42 Å². The van der Waals surface area contributed by atoms with Gasteiger partial charge >= 0.3 is 0 Å². The molecule has 1 fully saturated rings. The molecule has 0 saturated carbocycles. The monoisotopic (exact) mass is 330 g/mol. The van der Waals surface area contributed by atoms with Crippen molar-refractivity contribution in [1.82, 2.24) is 0 Å². The lowest BCUT2D eigenvalue weighted by atomic mass is 10.2. The van der Waals surface area contributed by atoms with E-state index in [0.717, 1.165) is 29.9 Å². The Morgan fingerprint density at radius 1 is 1.04 bits per heavy atom. The zero-order valence-electron chi connectivity index (χ0n) is 13.3. The van der Waals surface area contributed by atoms with E-state index >= 15 is 0 Å². The Morgan fingerprint density at radius 2 is 1.74 bits per heavy atom. The largest absolute Gasteiger partial charge is 0.371 e. The fourth-order valence-corrected chi connectivity index (χ4v) is 4.05. The second-order valence-corrected chi connectivity index (χ2v) is 7.81. The molecule has 122 valence electrons. The molecule has 0 spiro atoms. The van der Waals surface area contributed by atoms with Crippen LogP contribution in [0.1, 0.15) is 24.0 Å². The van der Waals surface area contributed by atoms with Gasteiger partial charge in [-0.2, -0.15) is 0 Å². The highest BCUT2D eigenvalue weighted by Gasteiger charge is 2.15. The third kappa shape index (κ3) is 4.26. The number of hydrogen-bond donors (Lipinski definition) is 1. The van der Waals surface area contributed by atoms with Crippen LogP contribution in [0.5, 0.6) is 0 Å². The molecule has 1 aliphatic heterocycles. The third-order valence-corrected chi connectivity index (χ3v) is 5.33. The van der Waals surface area contributed by atoms with Crippen LogP contribution in [0.15, 0.2) is 48.5 Å². The average Bonchev–Trinajstić information content (AvgIpc) is 3.03. The summed E-state index contributed by atoms with van der Waals surface area (Å²) < 4.78 is 27.4. The predicted molar refractivity (Wildman–Crippen MR) is 95.3 cm³/mol. The molecular formula is C18H22N2O2S. The van der Waals surface area contributed by atoms with Gasteiger partial charge in [0.15, 0.2) is 0 Å². The van der Waals surface area contributed by atoms with E-state index in [9.17, 15) is 8.42 Å². The first-order valence-electron chi connectivity index (χ1n) is 7.93. The van der Waals surface area contributed by atoms with Crippen LogP contribution in [0.4, 0.5) is 11.4 Å². The van der Waals surface area contributed by atoms with E-state index in [0.29, 0.717) is 5.69 Å². The van der Waals surface area contributed by atoms with Crippen LogP contribution >= 0.6 is 0 Å². The van der Waals surface area contributed by atoms with Gasteiger partial charge in [-0.1, -0.05) is 35.9 Å². The maximum Gasteiger partial charge on any atom is 0.236 e. The highest BCUT2D eigenvalue weighted by molar-refractivity contribution is 7.91. The van der Waals surface area contributed by atoms with Crippen LogP contribution in [-0.4, -0.2) is 21.5 Å². The first-order valence-corrected chi connectivity index (χ1v) is 9.58. The van der Waals surface area contributed by atoms with E-state index < -0.39 is 10.0 Å². The van der Waals surface area contributed by atoms with Crippen molar-refractivity contribution in [2.24, 2.45) is 0 Å². The van der Waals surface area contributed by atoms with Gasteiger partial charge in [0, 0.05) is 18.8 Å². The fraction of sp³-hybridized carbons (Fsp3) is 0.333. The lowest BCUT2D eigenvalue weighted by molar-refractivity contribution is 0.600. The van der Waals surface area contributed by atoms with Gasteiger partial charge in [-0.25, -0.2) is 8.42 Å². The Morgan fingerprint density at radius 3 is 2.43 bits per heavy atom. The molecule has 1 heterocycles. The second kappa shape index (κ2) is 6.62. The van der Waals surface area contributed by atoms with Crippen molar-refractivity contribution >= 4 is 21.4 Å². The van der Waals surface area contributed by atoms with Gasteiger partial charge in [0.1, 0.15) is 0 Å². The molecule has 0 radical (unpaired) electrons. The van der Waals surface area contributed by atoms with Crippen molar-refractivity contribution in [3.05, 3.63) is 59.7 Å². The summed E-state index contributed by atoms with van der Waals surface area (Å²) in [4.78, 5) is 2.29. The summed E-state index contributed by atoms with van der Waals surface area (Å²) in [5.74, 6) is -0.0127. The van der Waals surface area contributed by atoms with Gasteiger partial charge < -0.3 is 4.90 Å². The first kappa shape index (κ1) is 15.9. The number of hydrogen-bond acceptors (Lipinski definition) is 3. The maximum atomic E-state index is 12.4. The lowest BCUT2D eigenvalue weighted by Gasteiger charge is -2.18. The summed E-state index contributed by atoms with van der Waals surface area (Å²) in [5, 5.41) is 0. The van der Waals surface area contributed by atoms with Crippen LogP contribution in [0, 0.1) is 6.92 Å². The van der Waals surface area contributed by atoms with Gasteiger partial charge in [0.05, 0.1) is 11.4 Å².